The summed E-state index contributed by atoms with van der Waals surface area (Å²) in [6, 6.07) is 7.34. The van der Waals surface area contributed by atoms with Gasteiger partial charge in [0.15, 0.2) is 0 Å². The van der Waals surface area contributed by atoms with E-state index in [1.807, 2.05) is 15.5 Å². The van der Waals surface area contributed by atoms with Gasteiger partial charge in [-0.2, -0.15) is 18.6 Å². The number of carbonyl (C=O) groups is 3. The number of aliphatic hydroxyl groups excluding tert-OH is 3. The van der Waals surface area contributed by atoms with Crippen LogP contribution in [0, 0.1) is 6.92 Å². The zero-order valence-electron chi connectivity index (χ0n) is 24.3. The number of aliphatic hydroxyl groups is 3. The number of aryl methyl sites for hydroxylation is 1. The van der Waals surface area contributed by atoms with Gasteiger partial charge in [0.2, 0.25) is 6.04 Å². The molecule has 0 bridgehead atoms. The number of barbiturate groups is 1. The first-order chi connectivity index (χ1) is 20.5. The van der Waals surface area contributed by atoms with Crippen LogP contribution in [0.15, 0.2) is 51.5 Å². The molecule has 1 aromatic heterocycles. The van der Waals surface area contributed by atoms with Crippen molar-refractivity contribution in [1.29, 1.82) is 0 Å². The Bertz CT molecular complexity index is 1590. The standard InChI is InChI=1S/C18H13N5O6S2.C9H21NO3/c1-8-2-7-11-13(14(8)31(27,28)29)30-17(19-11)9-3-5-10(6-4-9)22-23-12-15(24)20-18(26)21-16(12)25;1-7(11)4-10(5-8(2)12)6-9(3)13/h2-7,12H,1H3,(H,27,28,29)(H2,20,21,24,25,26);7-9,11-13H,4-6H2,1-3H3. The summed E-state index contributed by atoms with van der Waals surface area (Å²) in [5.74, 6) is -1.73. The second-order valence-electron chi connectivity index (χ2n) is 10.3. The normalized spacial score (nSPS) is 16.4. The molecule has 4 rings (SSSR count). The number of aromatic nitrogens is 1. The lowest BCUT2D eigenvalue weighted by Crippen LogP contribution is -2.57. The SMILES string of the molecule is CC(O)CN(CC(C)O)CC(C)O.Cc1ccc2nc(-c3ccc(N=NC4C(=O)NC(=O)NC4=O)cc3)sc2c1S(=O)(=O)O. The maximum atomic E-state index is 11.8. The zero-order valence-corrected chi connectivity index (χ0v) is 26.0. The van der Waals surface area contributed by atoms with Crippen LogP contribution in [0.25, 0.3) is 20.8 Å². The third-order valence-electron chi connectivity index (χ3n) is 5.91. The number of amides is 4. The number of hydrogen-bond acceptors (Lipinski definition) is 13. The van der Waals surface area contributed by atoms with Gasteiger partial charge in [0.1, 0.15) is 9.90 Å². The Morgan fingerprint density at radius 2 is 1.43 bits per heavy atom. The average Bonchev–Trinajstić information content (AvgIpc) is 3.30. The minimum Gasteiger partial charge on any atom is -0.392 e. The van der Waals surface area contributed by atoms with Crippen molar-refractivity contribution in [2.75, 3.05) is 19.6 Å². The van der Waals surface area contributed by atoms with Crippen LogP contribution < -0.4 is 10.6 Å². The molecule has 15 nitrogen and oxygen atoms in total. The molecule has 44 heavy (non-hydrogen) atoms. The fourth-order valence-corrected chi connectivity index (χ4v) is 6.58. The van der Waals surface area contributed by atoms with Gasteiger partial charge in [-0.15, -0.1) is 11.3 Å². The maximum Gasteiger partial charge on any atom is 0.328 e. The van der Waals surface area contributed by atoms with Crippen LogP contribution in [0.2, 0.25) is 0 Å². The van der Waals surface area contributed by atoms with Crippen LogP contribution in [0.3, 0.4) is 0 Å². The Morgan fingerprint density at radius 1 is 0.909 bits per heavy atom. The minimum absolute atomic E-state index is 0.165. The molecule has 0 aliphatic carbocycles. The Morgan fingerprint density at radius 3 is 1.91 bits per heavy atom. The van der Waals surface area contributed by atoms with Gasteiger partial charge in [-0.25, -0.2) is 9.78 Å². The fraction of sp³-hybridized carbons (Fsp3) is 0.407. The molecule has 2 aromatic carbocycles. The molecule has 17 heteroatoms. The lowest BCUT2D eigenvalue weighted by atomic mass is 10.2. The van der Waals surface area contributed by atoms with E-state index in [2.05, 4.69) is 15.2 Å². The predicted octanol–water partition coefficient (Wildman–Crippen LogP) is 1.77. The van der Waals surface area contributed by atoms with E-state index in [0.29, 0.717) is 51.7 Å². The molecule has 238 valence electrons. The van der Waals surface area contributed by atoms with E-state index in [1.54, 1.807) is 64.1 Å². The number of azo groups is 1. The van der Waals surface area contributed by atoms with Crippen LogP contribution in [0.5, 0.6) is 0 Å². The molecule has 3 aromatic rings. The first kappa shape index (κ1) is 34.8. The van der Waals surface area contributed by atoms with E-state index in [1.165, 1.54) is 0 Å². The molecule has 4 amide bonds. The highest BCUT2D eigenvalue weighted by Gasteiger charge is 2.34. The number of hydrogen-bond donors (Lipinski definition) is 6. The summed E-state index contributed by atoms with van der Waals surface area (Å²) in [6.07, 6.45) is -1.30. The zero-order chi connectivity index (χ0) is 32.8. The van der Waals surface area contributed by atoms with Gasteiger partial charge in [-0.1, -0.05) is 6.07 Å². The van der Waals surface area contributed by atoms with Crippen LogP contribution in [0.1, 0.15) is 26.3 Å². The van der Waals surface area contributed by atoms with E-state index < -0.39 is 52.3 Å². The minimum atomic E-state index is -4.41. The van der Waals surface area contributed by atoms with Gasteiger partial charge in [0.25, 0.3) is 21.9 Å². The molecular weight excluding hydrogens is 616 g/mol. The molecule has 0 spiro atoms. The van der Waals surface area contributed by atoms with Gasteiger partial charge in [-0.3, -0.25) is 29.7 Å². The number of benzene rings is 2. The second-order valence-corrected chi connectivity index (χ2v) is 12.6. The van der Waals surface area contributed by atoms with Crippen LogP contribution in [-0.2, 0) is 19.7 Å². The predicted molar refractivity (Wildman–Crippen MR) is 161 cm³/mol. The number of rotatable bonds is 10. The monoisotopic (exact) mass is 650 g/mol. The van der Waals surface area contributed by atoms with Crippen molar-refractivity contribution in [3.63, 3.8) is 0 Å². The molecular formula is C27H34N6O9S2. The molecule has 0 saturated carbocycles. The third kappa shape index (κ3) is 9.65. The highest BCUT2D eigenvalue weighted by Crippen LogP contribution is 2.36. The van der Waals surface area contributed by atoms with Crippen molar-refractivity contribution < 1.29 is 42.7 Å². The Labute approximate surface area is 257 Å². The summed E-state index contributed by atoms with van der Waals surface area (Å²) in [6.45, 7) is 8.11. The number of nitrogens with one attached hydrogen (secondary N) is 2. The van der Waals surface area contributed by atoms with E-state index in [4.69, 9.17) is 15.3 Å². The van der Waals surface area contributed by atoms with E-state index in [0.717, 1.165) is 11.3 Å². The van der Waals surface area contributed by atoms with E-state index >= 15 is 0 Å². The summed E-state index contributed by atoms with van der Waals surface area (Å²) in [7, 11) is -4.41. The largest absolute Gasteiger partial charge is 0.392 e. The van der Waals surface area contributed by atoms with Gasteiger partial charge < -0.3 is 15.3 Å². The summed E-state index contributed by atoms with van der Waals surface area (Å²) in [4.78, 5) is 40.5. The van der Waals surface area contributed by atoms with Crippen LogP contribution in [0.4, 0.5) is 10.5 Å². The average molecular weight is 651 g/mol. The summed E-state index contributed by atoms with van der Waals surface area (Å²) in [5.41, 5.74) is 1.86. The van der Waals surface area contributed by atoms with Crippen LogP contribution in [-0.4, -0.2) is 100 Å². The summed E-state index contributed by atoms with van der Waals surface area (Å²) < 4.78 is 33.4. The van der Waals surface area contributed by atoms with Crippen molar-refractivity contribution >= 4 is 55.2 Å². The molecule has 0 radical (unpaired) electrons. The number of carbonyl (C=O) groups excluding carboxylic acids is 3. The molecule has 1 aliphatic heterocycles. The van der Waals surface area contributed by atoms with E-state index in [9.17, 15) is 27.4 Å². The Balaban J connectivity index is 0.000000345. The molecule has 1 fully saturated rings. The van der Waals surface area contributed by atoms with Crippen molar-refractivity contribution in [2.45, 2.75) is 56.9 Å². The van der Waals surface area contributed by atoms with Gasteiger partial charge in [0, 0.05) is 25.2 Å². The number of urea groups is 1. The molecule has 3 unspecified atom stereocenters. The van der Waals surface area contributed by atoms with Crippen LogP contribution >= 0.6 is 11.3 Å². The fourth-order valence-electron chi connectivity index (χ4n) is 4.27. The van der Waals surface area contributed by atoms with Crippen molar-refractivity contribution in [3.8, 4) is 10.6 Å². The molecule has 1 saturated heterocycles. The first-order valence-corrected chi connectivity index (χ1v) is 15.6. The number of fused-ring (bicyclic) bond motifs is 1. The maximum absolute atomic E-state index is 11.8. The lowest BCUT2D eigenvalue weighted by Gasteiger charge is -2.25. The smallest absolute Gasteiger partial charge is 0.328 e. The molecule has 3 atom stereocenters. The summed E-state index contributed by atoms with van der Waals surface area (Å²) >= 11 is 1.12. The molecule has 6 N–H and O–H groups in total. The van der Waals surface area contributed by atoms with Crippen molar-refractivity contribution in [1.82, 2.24) is 20.5 Å². The van der Waals surface area contributed by atoms with Gasteiger partial charge in [0.05, 0.1) is 34.2 Å². The van der Waals surface area contributed by atoms with Gasteiger partial charge in [-0.05, 0) is 63.6 Å². The quantitative estimate of drug-likeness (QED) is 0.105. The first-order valence-electron chi connectivity index (χ1n) is 13.4. The van der Waals surface area contributed by atoms with Crippen molar-refractivity contribution in [3.05, 3.63) is 42.0 Å². The number of imide groups is 2. The lowest BCUT2D eigenvalue weighted by molar-refractivity contribution is -0.131. The molecule has 2 heterocycles. The number of thiazole rings is 1. The van der Waals surface area contributed by atoms with Crippen molar-refractivity contribution in [2.24, 2.45) is 10.2 Å². The van der Waals surface area contributed by atoms with Gasteiger partial charge >= 0.3 is 6.03 Å². The topological polar surface area (TPSA) is 231 Å². The highest BCUT2D eigenvalue weighted by atomic mass is 32.2. The number of nitrogens with zero attached hydrogens (tertiary/aromatic N) is 4. The second kappa shape index (κ2) is 14.8. The summed E-state index contributed by atoms with van der Waals surface area (Å²) in [5, 5.41) is 39.3. The highest BCUT2D eigenvalue weighted by molar-refractivity contribution is 7.86. The Kier molecular flexibility index (Phi) is 11.7. The third-order valence-corrected chi connectivity index (χ3v) is 8.22. The van der Waals surface area contributed by atoms with E-state index in [-0.39, 0.29) is 4.90 Å². The Hall–Kier alpha value is -3.71. The molecule has 1 aliphatic rings.